The Balaban J connectivity index is 2.01. The number of nitrogens with zero attached hydrogens (tertiary/aromatic N) is 2. The summed E-state index contributed by atoms with van der Waals surface area (Å²) in [5.41, 5.74) is 3.72. The van der Waals surface area contributed by atoms with Crippen molar-refractivity contribution in [2.24, 2.45) is 4.99 Å². The van der Waals surface area contributed by atoms with Crippen molar-refractivity contribution >= 4 is 34.0 Å². The van der Waals surface area contributed by atoms with Gasteiger partial charge in [0.2, 0.25) is 0 Å². The van der Waals surface area contributed by atoms with Gasteiger partial charge in [-0.2, -0.15) is 0 Å². The quantitative estimate of drug-likeness (QED) is 0.393. The fourth-order valence-corrected chi connectivity index (χ4v) is 3.46. The number of rotatable bonds is 5. The minimum absolute atomic E-state index is 0.127. The van der Waals surface area contributed by atoms with Crippen LogP contribution in [0.15, 0.2) is 35.3 Å². The monoisotopic (exact) mass is 452 g/mol. The number of benzene rings is 2. The molecule has 3 rings (SSSR count). The highest BCUT2D eigenvalue weighted by molar-refractivity contribution is 14.1. The molecule has 0 N–H and O–H groups in total. The van der Waals surface area contributed by atoms with Crippen molar-refractivity contribution in [2.45, 2.75) is 12.8 Å². The molecule has 1 aliphatic rings. The maximum atomic E-state index is 11.4. The van der Waals surface area contributed by atoms with E-state index in [0.29, 0.717) is 30.0 Å². The first-order valence-corrected chi connectivity index (χ1v) is 8.82. The summed E-state index contributed by atoms with van der Waals surface area (Å²) in [6, 6.07) is 9.14. The highest BCUT2D eigenvalue weighted by atomic mass is 127. The number of nitro groups is 1. The molecule has 0 bridgehead atoms. The lowest BCUT2D eigenvalue weighted by Gasteiger charge is -2.20. The summed E-state index contributed by atoms with van der Waals surface area (Å²) >= 11 is 2.08. The van der Waals surface area contributed by atoms with Gasteiger partial charge in [-0.15, -0.1) is 0 Å². The molecule has 2 aromatic rings. The number of nitro benzene ring substituents is 1. The number of ether oxygens (including phenoxy) is 2. The van der Waals surface area contributed by atoms with Gasteiger partial charge in [-0.25, -0.2) is 0 Å². The number of methoxy groups -OCH3 is 2. The van der Waals surface area contributed by atoms with Crippen molar-refractivity contribution in [3.63, 3.8) is 0 Å². The molecule has 0 radical (unpaired) electrons. The van der Waals surface area contributed by atoms with Crippen molar-refractivity contribution in [3.05, 3.63) is 60.7 Å². The van der Waals surface area contributed by atoms with Crippen LogP contribution in [0.2, 0.25) is 0 Å². The van der Waals surface area contributed by atoms with Gasteiger partial charge in [0, 0.05) is 39.4 Å². The zero-order valence-electron chi connectivity index (χ0n) is 13.9. The van der Waals surface area contributed by atoms with E-state index in [4.69, 9.17) is 9.47 Å². The molecule has 0 atom stereocenters. The van der Waals surface area contributed by atoms with Gasteiger partial charge < -0.3 is 9.47 Å². The van der Waals surface area contributed by atoms with Crippen LogP contribution in [0.4, 0.5) is 5.69 Å². The Morgan fingerprint density at radius 1 is 1.20 bits per heavy atom. The summed E-state index contributed by atoms with van der Waals surface area (Å²) in [6.45, 7) is 0.663. The van der Waals surface area contributed by atoms with E-state index in [1.807, 2.05) is 18.2 Å². The van der Waals surface area contributed by atoms with E-state index >= 15 is 0 Å². The minimum atomic E-state index is -0.337. The number of fused-ring (bicyclic) bond motifs is 1. The van der Waals surface area contributed by atoms with Crippen molar-refractivity contribution in [1.29, 1.82) is 0 Å². The summed E-state index contributed by atoms with van der Waals surface area (Å²) in [5, 5.41) is 11.4. The molecule has 0 aromatic heterocycles. The average Bonchev–Trinajstić information content (AvgIpc) is 2.62. The molecule has 6 nitrogen and oxygen atoms in total. The maximum absolute atomic E-state index is 11.4. The van der Waals surface area contributed by atoms with Crippen LogP contribution >= 0.6 is 22.6 Å². The predicted molar refractivity (Wildman–Crippen MR) is 104 cm³/mol. The van der Waals surface area contributed by atoms with Crippen molar-refractivity contribution in [1.82, 2.24) is 0 Å². The first kappa shape index (κ1) is 17.7. The zero-order chi connectivity index (χ0) is 18.0. The molecule has 1 aliphatic heterocycles. The molecule has 130 valence electrons. The van der Waals surface area contributed by atoms with Gasteiger partial charge in [0.25, 0.3) is 5.69 Å². The third kappa shape index (κ3) is 3.60. The average molecular weight is 452 g/mol. The molecule has 0 saturated carbocycles. The molecule has 0 aliphatic carbocycles. The smallest absolute Gasteiger partial charge is 0.274 e. The highest BCUT2D eigenvalue weighted by Crippen LogP contribution is 2.33. The first-order valence-electron chi connectivity index (χ1n) is 7.75. The van der Waals surface area contributed by atoms with Gasteiger partial charge >= 0.3 is 0 Å². The maximum Gasteiger partial charge on any atom is 0.274 e. The van der Waals surface area contributed by atoms with E-state index in [2.05, 4.69) is 27.6 Å². The van der Waals surface area contributed by atoms with E-state index in [-0.39, 0.29) is 10.6 Å². The van der Waals surface area contributed by atoms with Gasteiger partial charge in [-0.05, 0) is 52.8 Å². The summed E-state index contributed by atoms with van der Waals surface area (Å²) in [4.78, 5) is 15.6. The van der Waals surface area contributed by atoms with Gasteiger partial charge in [0.1, 0.15) is 0 Å². The van der Waals surface area contributed by atoms with Crippen LogP contribution in [0.3, 0.4) is 0 Å². The third-order valence-electron chi connectivity index (χ3n) is 4.21. The zero-order valence-corrected chi connectivity index (χ0v) is 16.1. The van der Waals surface area contributed by atoms with Gasteiger partial charge in [0.15, 0.2) is 11.5 Å². The predicted octanol–water partition coefficient (Wildman–Crippen LogP) is 3.80. The SMILES string of the molecule is COc1cc2c(cc1OC)C(Cc1ccc(I)cc1[N+](=O)[O-])=NCC2. The van der Waals surface area contributed by atoms with Crippen LogP contribution in [0.5, 0.6) is 11.5 Å². The Labute approximate surface area is 159 Å². The summed E-state index contributed by atoms with van der Waals surface area (Å²) < 4.78 is 11.6. The molecule has 0 fully saturated rings. The summed E-state index contributed by atoms with van der Waals surface area (Å²) in [7, 11) is 3.20. The second kappa shape index (κ2) is 7.38. The van der Waals surface area contributed by atoms with E-state index in [1.54, 1.807) is 26.4 Å². The number of hydrogen-bond donors (Lipinski definition) is 0. The normalized spacial score (nSPS) is 13.0. The number of halogens is 1. The van der Waals surface area contributed by atoms with Gasteiger partial charge in [-0.3, -0.25) is 15.1 Å². The highest BCUT2D eigenvalue weighted by Gasteiger charge is 2.22. The van der Waals surface area contributed by atoms with Crippen LogP contribution < -0.4 is 9.47 Å². The van der Waals surface area contributed by atoms with Crippen LogP contribution in [-0.2, 0) is 12.8 Å². The van der Waals surface area contributed by atoms with Crippen LogP contribution in [-0.4, -0.2) is 31.4 Å². The fourth-order valence-electron chi connectivity index (χ4n) is 2.98. The molecule has 0 amide bonds. The molecule has 7 heteroatoms. The fraction of sp³-hybridized carbons (Fsp3) is 0.278. The Kier molecular flexibility index (Phi) is 5.22. The van der Waals surface area contributed by atoms with E-state index in [1.165, 1.54) is 0 Å². The third-order valence-corrected chi connectivity index (χ3v) is 4.88. The van der Waals surface area contributed by atoms with E-state index in [9.17, 15) is 10.1 Å². The molecule has 0 spiro atoms. The molecule has 0 saturated heterocycles. The van der Waals surface area contributed by atoms with Gasteiger partial charge in [-0.1, -0.05) is 6.07 Å². The van der Waals surface area contributed by atoms with E-state index in [0.717, 1.165) is 26.8 Å². The molecule has 25 heavy (non-hydrogen) atoms. The molecule has 1 heterocycles. The summed E-state index contributed by atoms with van der Waals surface area (Å²) in [6.07, 6.45) is 1.23. The largest absolute Gasteiger partial charge is 0.493 e. The Morgan fingerprint density at radius 2 is 1.92 bits per heavy atom. The minimum Gasteiger partial charge on any atom is -0.493 e. The van der Waals surface area contributed by atoms with Crippen LogP contribution in [0.1, 0.15) is 16.7 Å². The molecule has 0 unspecified atom stereocenters. The Bertz CT molecular complexity index is 864. The standard InChI is InChI=1S/C18H17IN2O4/c1-24-17-8-11-5-6-20-15(14(11)10-18(17)25-2)7-12-3-4-13(19)9-16(12)21(22)23/h3-4,8-10H,5-7H2,1-2H3. The van der Waals surface area contributed by atoms with Crippen molar-refractivity contribution in [2.75, 3.05) is 20.8 Å². The lowest BCUT2D eigenvalue weighted by Crippen LogP contribution is -2.16. The first-order chi connectivity index (χ1) is 12.0. The second-order valence-corrected chi connectivity index (χ2v) is 6.90. The molecular weight excluding hydrogens is 435 g/mol. The van der Waals surface area contributed by atoms with Crippen molar-refractivity contribution < 1.29 is 14.4 Å². The Hall–Kier alpha value is -2.16. The Morgan fingerprint density at radius 3 is 2.60 bits per heavy atom. The molecule has 2 aromatic carbocycles. The molecular formula is C18H17IN2O4. The summed E-state index contributed by atoms with van der Waals surface area (Å²) in [5.74, 6) is 1.32. The number of hydrogen-bond acceptors (Lipinski definition) is 5. The van der Waals surface area contributed by atoms with Crippen LogP contribution in [0.25, 0.3) is 0 Å². The van der Waals surface area contributed by atoms with Crippen LogP contribution in [0, 0.1) is 13.7 Å². The second-order valence-electron chi connectivity index (χ2n) is 5.65. The number of aliphatic imine (C=N–C) groups is 1. The van der Waals surface area contributed by atoms with Gasteiger partial charge in [0.05, 0.1) is 19.1 Å². The lowest BCUT2D eigenvalue weighted by molar-refractivity contribution is -0.385. The van der Waals surface area contributed by atoms with E-state index < -0.39 is 0 Å². The van der Waals surface area contributed by atoms with Crippen molar-refractivity contribution in [3.8, 4) is 11.5 Å². The topological polar surface area (TPSA) is 74.0 Å². The lowest BCUT2D eigenvalue weighted by atomic mass is 9.92.